The first-order chi connectivity index (χ1) is 10.3. The van der Waals surface area contributed by atoms with Crippen molar-refractivity contribution in [1.29, 1.82) is 0 Å². The van der Waals surface area contributed by atoms with E-state index in [2.05, 4.69) is 9.98 Å². The number of aliphatic hydroxyl groups is 3. The standard InChI is InChI=1S/C12H10Cl4N2O4/c13-3-1-4-8(7(15)6(3)14)18-12(16,17-4)11-10(21)9(20)5(2-19)22-11/h1,5,9-11,19-21H,2H2/t5-,9-,10-,11-,12?/m1/s1. The zero-order valence-corrected chi connectivity index (χ0v) is 13.8. The van der Waals surface area contributed by atoms with Crippen molar-refractivity contribution in [3.8, 4) is 0 Å². The first-order valence-electron chi connectivity index (χ1n) is 6.23. The van der Waals surface area contributed by atoms with E-state index in [9.17, 15) is 10.2 Å². The summed E-state index contributed by atoms with van der Waals surface area (Å²) >= 11 is 24.3. The summed E-state index contributed by atoms with van der Waals surface area (Å²) in [5.41, 5.74) is 0. The molecular formula is C12H10Cl4N2O4. The Hall–Kier alpha value is -0.180. The SMILES string of the molecule is OC[C@H]1O[C@@H](C2(Cl)N=c3cc(Cl)c(Cl)c(Cl)c3=N2)[C@H](O)[C@@H]1O. The number of hydrogen-bond acceptors (Lipinski definition) is 6. The van der Waals surface area contributed by atoms with Crippen molar-refractivity contribution in [2.24, 2.45) is 9.98 Å². The van der Waals surface area contributed by atoms with Crippen LogP contribution in [-0.2, 0) is 4.74 Å². The zero-order valence-electron chi connectivity index (χ0n) is 10.8. The Labute approximate surface area is 144 Å². The summed E-state index contributed by atoms with van der Waals surface area (Å²) in [5, 5.41) is 28.2. The minimum Gasteiger partial charge on any atom is -0.394 e. The molecule has 2 heterocycles. The van der Waals surface area contributed by atoms with Crippen LogP contribution in [0.2, 0.25) is 15.1 Å². The molecular weight excluding hydrogens is 378 g/mol. The van der Waals surface area contributed by atoms with Gasteiger partial charge >= 0.3 is 0 Å². The molecule has 120 valence electrons. The molecule has 0 bridgehead atoms. The van der Waals surface area contributed by atoms with Crippen LogP contribution in [0.1, 0.15) is 0 Å². The maximum absolute atomic E-state index is 10.1. The molecule has 0 aliphatic carbocycles. The van der Waals surface area contributed by atoms with Crippen LogP contribution in [0.5, 0.6) is 0 Å². The van der Waals surface area contributed by atoms with Gasteiger partial charge < -0.3 is 20.1 Å². The van der Waals surface area contributed by atoms with Gasteiger partial charge in [0.25, 0.3) is 5.12 Å². The molecule has 2 aliphatic heterocycles. The molecule has 1 unspecified atom stereocenters. The van der Waals surface area contributed by atoms with Crippen LogP contribution in [0.4, 0.5) is 0 Å². The van der Waals surface area contributed by atoms with Crippen LogP contribution in [0.25, 0.3) is 0 Å². The number of halogens is 4. The number of fused-ring (bicyclic) bond motifs is 1. The molecule has 1 saturated heterocycles. The molecule has 6 nitrogen and oxygen atoms in total. The summed E-state index contributed by atoms with van der Waals surface area (Å²) in [4.78, 5) is 8.34. The van der Waals surface area contributed by atoms with E-state index >= 15 is 0 Å². The highest BCUT2D eigenvalue weighted by Crippen LogP contribution is 2.37. The smallest absolute Gasteiger partial charge is 0.256 e. The molecule has 0 aromatic heterocycles. The number of benzene rings is 1. The third-order valence-electron chi connectivity index (χ3n) is 3.57. The van der Waals surface area contributed by atoms with Crippen LogP contribution in [0.15, 0.2) is 16.1 Å². The first-order valence-corrected chi connectivity index (χ1v) is 7.74. The fourth-order valence-corrected chi connectivity index (χ4v) is 3.43. The molecule has 0 radical (unpaired) electrons. The van der Waals surface area contributed by atoms with E-state index < -0.39 is 36.1 Å². The molecule has 5 atom stereocenters. The molecule has 0 saturated carbocycles. The molecule has 3 N–H and O–H groups in total. The Bertz CT molecular complexity index is 746. The van der Waals surface area contributed by atoms with E-state index in [-0.39, 0.29) is 20.4 Å². The fraction of sp³-hybridized carbons (Fsp3) is 0.500. The molecule has 0 spiro atoms. The van der Waals surface area contributed by atoms with Crippen molar-refractivity contribution in [3.63, 3.8) is 0 Å². The fourth-order valence-electron chi connectivity index (χ4n) is 2.45. The first kappa shape index (κ1) is 16.7. The lowest BCUT2D eigenvalue weighted by atomic mass is 10.1. The molecule has 2 aliphatic rings. The van der Waals surface area contributed by atoms with Gasteiger partial charge in [-0.2, -0.15) is 0 Å². The minimum atomic E-state index is -1.73. The Balaban J connectivity index is 2.08. The highest BCUT2D eigenvalue weighted by molar-refractivity contribution is 6.47. The van der Waals surface area contributed by atoms with Crippen LogP contribution < -0.4 is 10.7 Å². The normalized spacial score (nSPS) is 36.9. The molecule has 1 fully saturated rings. The molecule has 10 heteroatoms. The predicted molar refractivity (Wildman–Crippen MR) is 80.1 cm³/mol. The second kappa shape index (κ2) is 5.72. The maximum Gasteiger partial charge on any atom is 0.256 e. The summed E-state index contributed by atoms with van der Waals surface area (Å²) in [6.07, 6.45) is -4.82. The predicted octanol–water partition coefficient (Wildman–Crippen LogP) is 0.274. The lowest BCUT2D eigenvalue weighted by Gasteiger charge is -2.24. The largest absolute Gasteiger partial charge is 0.394 e. The summed E-state index contributed by atoms with van der Waals surface area (Å²) < 4.78 is 5.38. The topological polar surface area (TPSA) is 94.6 Å². The molecule has 1 aromatic rings. The van der Waals surface area contributed by atoms with Gasteiger partial charge in [-0.1, -0.05) is 46.4 Å². The van der Waals surface area contributed by atoms with Gasteiger partial charge in [0.1, 0.15) is 29.8 Å². The quantitative estimate of drug-likeness (QED) is 0.385. The van der Waals surface area contributed by atoms with E-state index in [1.165, 1.54) is 6.07 Å². The summed E-state index contributed by atoms with van der Waals surface area (Å²) in [6, 6.07) is 1.44. The maximum atomic E-state index is 10.1. The third-order valence-corrected chi connectivity index (χ3v) is 5.20. The van der Waals surface area contributed by atoms with Gasteiger partial charge in [-0.25, -0.2) is 9.98 Å². The van der Waals surface area contributed by atoms with E-state index in [0.717, 1.165) is 0 Å². The summed E-state index contributed by atoms with van der Waals surface area (Å²) in [5.74, 6) is 0. The Morgan fingerprint density at radius 1 is 1.14 bits per heavy atom. The van der Waals surface area contributed by atoms with Gasteiger partial charge in [0.15, 0.2) is 0 Å². The van der Waals surface area contributed by atoms with Gasteiger partial charge in [-0.15, -0.1) is 0 Å². The van der Waals surface area contributed by atoms with E-state index in [1.807, 2.05) is 0 Å². The van der Waals surface area contributed by atoms with Crippen molar-refractivity contribution in [1.82, 2.24) is 0 Å². The second-order valence-electron chi connectivity index (χ2n) is 4.97. The number of hydrogen-bond donors (Lipinski definition) is 3. The van der Waals surface area contributed by atoms with Gasteiger partial charge in [0, 0.05) is 0 Å². The second-order valence-corrected chi connectivity index (χ2v) is 6.69. The third kappa shape index (κ3) is 2.42. The lowest BCUT2D eigenvalue weighted by molar-refractivity contribution is -0.0343. The Kier molecular flexibility index (Phi) is 4.33. The van der Waals surface area contributed by atoms with Gasteiger partial charge in [-0.05, 0) is 6.07 Å². The van der Waals surface area contributed by atoms with Crippen LogP contribution in [-0.4, -0.2) is 51.5 Å². The van der Waals surface area contributed by atoms with E-state index in [4.69, 9.17) is 56.2 Å². The zero-order chi connectivity index (χ0) is 16.2. The van der Waals surface area contributed by atoms with E-state index in [0.29, 0.717) is 5.36 Å². The van der Waals surface area contributed by atoms with E-state index in [1.54, 1.807) is 0 Å². The molecule has 0 amide bonds. The monoisotopic (exact) mass is 386 g/mol. The average Bonchev–Trinajstić information content (AvgIpc) is 2.96. The number of rotatable bonds is 2. The van der Waals surface area contributed by atoms with Crippen LogP contribution >= 0.6 is 46.4 Å². The van der Waals surface area contributed by atoms with Crippen molar-refractivity contribution in [2.45, 2.75) is 29.5 Å². The molecule has 22 heavy (non-hydrogen) atoms. The molecule has 1 aromatic carbocycles. The van der Waals surface area contributed by atoms with Gasteiger partial charge in [0.05, 0.1) is 27.0 Å². The molecule has 3 rings (SSSR count). The average molecular weight is 388 g/mol. The number of alkyl halides is 1. The minimum absolute atomic E-state index is 0.0854. The summed E-state index contributed by atoms with van der Waals surface area (Å²) in [7, 11) is 0. The van der Waals surface area contributed by atoms with Crippen LogP contribution in [0, 0.1) is 0 Å². The number of ether oxygens (including phenoxy) is 1. The van der Waals surface area contributed by atoms with Crippen molar-refractivity contribution >= 4 is 46.4 Å². The van der Waals surface area contributed by atoms with Crippen molar-refractivity contribution in [2.75, 3.05) is 6.61 Å². The van der Waals surface area contributed by atoms with Crippen molar-refractivity contribution < 1.29 is 20.1 Å². The lowest BCUT2D eigenvalue weighted by Crippen LogP contribution is -2.43. The number of nitrogens with zero attached hydrogens (tertiary/aromatic N) is 2. The highest BCUT2D eigenvalue weighted by Gasteiger charge is 2.54. The highest BCUT2D eigenvalue weighted by atomic mass is 35.5. The van der Waals surface area contributed by atoms with Gasteiger partial charge in [-0.3, -0.25) is 0 Å². The Morgan fingerprint density at radius 2 is 1.82 bits per heavy atom. The Morgan fingerprint density at radius 3 is 2.41 bits per heavy atom. The van der Waals surface area contributed by atoms with Gasteiger partial charge in [0.2, 0.25) is 0 Å². The van der Waals surface area contributed by atoms with Crippen LogP contribution in [0.3, 0.4) is 0 Å². The number of aliphatic hydroxyl groups excluding tert-OH is 3. The summed E-state index contributed by atoms with van der Waals surface area (Å²) in [6.45, 7) is -0.479. The van der Waals surface area contributed by atoms with Crippen molar-refractivity contribution in [3.05, 3.63) is 31.8 Å².